The topological polar surface area (TPSA) is 116 Å². The van der Waals surface area contributed by atoms with Gasteiger partial charge in [0.2, 0.25) is 5.95 Å². The SMILES string of the molecule is Cc1nc(NC(C)c2c(F)cccc2F)nc(N[C@H]2C[C@H](O)[C@@H](C(C)(C)O)C2)c1-c1nc2c(C)nccc2s1. The Balaban J connectivity index is 1.55. The number of nitrogens with zero attached hydrogens (tertiary/aromatic N) is 4. The second-order valence-corrected chi connectivity index (χ2v) is 11.8. The van der Waals surface area contributed by atoms with Gasteiger partial charge in [-0.2, -0.15) is 4.98 Å². The van der Waals surface area contributed by atoms with Crippen molar-refractivity contribution < 1.29 is 19.0 Å². The third kappa shape index (κ3) is 5.43. The Kier molecular flexibility index (Phi) is 7.25. The fourth-order valence-corrected chi connectivity index (χ4v) is 6.47. The van der Waals surface area contributed by atoms with E-state index in [2.05, 4.69) is 20.6 Å². The number of nitrogens with one attached hydrogen (secondary N) is 2. The minimum Gasteiger partial charge on any atom is -0.393 e. The summed E-state index contributed by atoms with van der Waals surface area (Å²) < 4.78 is 29.8. The predicted molar refractivity (Wildman–Crippen MR) is 149 cm³/mol. The van der Waals surface area contributed by atoms with Gasteiger partial charge >= 0.3 is 0 Å². The quantitative estimate of drug-likeness (QED) is 0.235. The summed E-state index contributed by atoms with van der Waals surface area (Å²) >= 11 is 1.50. The Labute approximate surface area is 229 Å². The lowest BCUT2D eigenvalue weighted by molar-refractivity contribution is -0.0314. The summed E-state index contributed by atoms with van der Waals surface area (Å²) in [4.78, 5) is 18.5. The van der Waals surface area contributed by atoms with E-state index in [0.717, 1.165) is 15.9 Å². The van der Waals surface area contributed by atoms with Crippen molar-refractivity contribution in [2.45, 2.75) is 71.2 Å². The molecule has 0 radical (unpaired) electrons. The van der Waals surface area contributed by atoms with Crippen LogP contribution in [-0.2, 0) is 0 Å². The number of aryl methyl sites for hydroxylation is 2. The van der Waals surface area contributed by atoms with Crippen molar-refractivity contribution in [1.29, 1.82) is 0 Å². The number of thiazole rings is 1. The molecular weight excluding hydrogens is 522 g/mol. The summed E-state index contributed by atoms with van der Waals surface area (Å²) in [5.74, 6) is -0.926. The van der Waals surface area contributed by atoms with Crippen LogP contribution in [0.15, 0.2) is 30.5 Å². The van der Waals surface area contributed by atoms with E-state index < -0.39 is 29.4 Å². The number of hydrogen-bond donors (Lipinski definition) is 4. The van der Waals surface area contributed by atoms with Crippen molar-refractivity contribution in [2.75, 3.05) is 10.6 Å². The lowest BCUT2D eigenvalue weighted by Gasteiger charge is -2.28. The van der Waals surface area contributed by atoms with Crippen molar-refractivity contribution in [1.82, 2.24) is 19.9 Å². The van der Waals surface area contributed by atoms with E-state index in [4.69, 9.17) is 9.97 Å². The molecule has 4 aromatic rings. The standard InChI is InChI=1S/C28H32F2N6O2S/c1-13(22-18(29)7-6-8-19(22)30)32-27-33-14(2)23(26-35-24-15(3)31-10-9-21(24)39-26)25(36-27)34-16-11-17(20(37)12-16)28(4,5)38/h6-10,13,16-17,20,37-38H,11-12H2,1-5H3,(H2,32,33,34,36)/t13?,16-,17+,20+/m1/s1. The third-order valence-electron chi connectivity index (χ3n) is 7.35. The maximum atomic E-state index is 14.4. The Morgan fingerprint density at radius 1 is 1.05 bits per heavy atom. The van der Waals surface area contributed by atoms with E-state index in [0.29, 0.717) is 34.9 Å². The van der Waals surface area contributed by atoms with Gasteiger partial charge in [-0.1, -0.05) is 6.07 Å². The van der Waals surface area contributed by atoms with Crippen LogP contribution in [0.5, 0.6) is 0 Å². The smallest absolute Gasteiger partial charge is 0.225 e. The van der Waals surface area contributed by atoms with E-state index in [-0.39, 0.29) is 23.5 Å². The molecular formula is C28H32F2N6O2S. The van der Waals surface area contributed by atoms with E-state index in [9.17, 15) is 19.0 Å². The number of aliphatic hydroxyl groups excluding tert-OH is 1. The maximum absolute atomic E-state index is 14.4. The molecule has 4 atom stereocenters. The van der Waals surface area contributed by atoms with Gasteiger partial charge in [-0.25, -0.2) is 18.7 Å². The minimum absolute atomic E-state index is 0.0987. The van der Waals surface area contributed by atoms with Crippen molar-refractivity contribution >= 4 is 33.3 Å². The highest BCUT2D eigenvalue weighted by molar-refractivity contribution is 7.21. The third-order valence-corrected chi connectivity index (χ3v) is 8.39. The molecule has 5 rings (SSSR count). The second-order valence-electron chi connectivity index (χ2n) is 10.8. The number of anilines is 2. The summed E-state index contributed by atoms with van der Waals surface area (Å²) in [7, 11) is 0. The first-order valence-corrected chi connectivity index (χ1v) is 13.7. The Bertz CT molecular complexity index is 1500. The molecule has 0 saturated heterocycles. The van der Waals surface area contributed by atoms with Crippen LogP contribution < -0.4 is 10.6 Å². The molecule has 4 N–H and O–H groups in total. The Hall–Kier alpha value is -3.28. The highest BCUT2D eigenvalue weighted by Crippen LogP contribution is 2.40. The monoisotopic (exact) mass is 554 g/mol. The molecule has 1 aliphatic carbocycles. The number of aliphatic hydroxyl groups is 2. The highest BCUT2D eigenvalue weighted by Gasteiger charge is 2.41. The molecule has 11 heteroatoms. The molecule has 0 aliphatic heterocycles. The molecule has 1 unspecified atom stereocenters. The van der Waals surface area contributed by atoms with Crippen LogP contribution in [0.1, 0.15) is 56.6 Å². The van der Waals surface area contributed by atoms with Gasteiger partial charge in [-0.3, -0.25) is 4.98 Å². The molecule has 0 bridgehead atoms. The number of fused-ring (bicyclic) bond motifs is 1. The number of halogens is 2. The van der Waals surface area contributed by atoms with Crippen LogP contribution in [0.3, 0.4) is 0 Å². The lowest BCUT2D eigenvalue weighted by Crippen LogP contribution is -2.35. The molecule has 39 heavy (non-hydrogen) atoms. The van der Waals surface area contributed by atoms with Gasteiger partial charge in [0.15, 0.2) is 0 Å². The summed E-state index contributed by atoms with van der Waals surface area (Å²) in [6.07, 6.45) is 2.04. The lowest BCUT2D eigenvalue weighted by atomic mass is 9.88. The van der Waals surface area contributed by atoms with Gasteiger partial charge in [-0.15, -0.1) is 11.3 Å². The molecule has 3 heterocycles. The van der Waals surface area contributed by atoms with E-state index in [1.165, 1.54) is 29.5 Å². The molecule has 1 fully saturated rings. The first kappa shape index (κ1) is 27.3. The highest BCUT2D eigenvalue weighted by atomic mass is 32.1. The molecule has 3 aromatic heterocycles. The Morgan fingerprint density at radius 2 is 1.77 bits per heavy atom. The zero-order chi connectivity index (χ0) is 28.1. The zero-order valence-corrected chi connectivity index (χ0v) is 23.3. The number of benzene rings is 1. The molecule has 1 saturated carbocycles. The molecule has 1 aliphatic rings. The number of pyridine rings is 1. The van der Waals surface area contributed by atoms with E-state index in [1.54, 1.807) is 27.0 Å². The van der Waals surface area contributed by atoms with Gasteiger partial charge in [0, 0.05) is 23.7 Å². The summed E-state index contributed by atoms with van der Waals surface area (Å²) in [6.45, 7) is 8.79. The van der Waals surface area contributed by atoms with E-state index in [1.807, 2.05) is 19.9 Å². The van der Waals surface area contributed by atoms with E-state index >= 15 is 0 Å². The normalized spacial score (nSPS) is 20.4. The summed E-state index contributed by atoms with van der Waals surface area (Å²) in [6, 6.07) is 4.75. The van der Waals surface area contributed by atoms with Gasteiger partial charge < -0.3 is 20.8 Å². The van der Waals surface area contributed by atoms with Crippen LogP contribution in [0.2, 0.25) is 0 Å². The first-order valence-electron chi connectivity index (χ1n) is 12.9. The number of aromatic nitrogens is 4. The van der Waals surface area contributed by atoms with Crippen molar-refractivity contribution in [3.63, 3.8) is 0 Å². The number of rotatable bonds is 7. The van der Waals surface area contributed by atoms with Gasteiger partial charge in [0.1, 0.15) is 28.0 Å². The number of hydrogen-bond acceptors (Lipinski definition) is 9. The van der Waals surface area contributed by atoms with Crippen LogP contribution in [-0.4, -0.2) is 47.9 Å². The van der Waals surface area contributed by atoms with Crippen molar-refractivity contribution in [3.05, 3.63) is 59.0 Å². The van der Waals surface area contributed by atoms with Gasteiger partial charge in [0.05, 0.1) is 39.4 Å². The second kappa shape index (κ2) is 10.4. The van der Waals surface area contributed by atoms with Crippen molar-refractivity contribution in [3.8, 4) is 10.6 Å². The first-order chi connectivity index (χ1) is 18.4. The Morgan fingerprint density at radius 3 is 2.41 bits per heavy atom. The molecule has 8 nitrogen and oxygen atoms in total. The predicted octanol–water partition coefficient (Wildman–Crippen LogP) is 5.54. The molecule has 206 valence electrons. The van der Waals surface area contributed by atoms with Gasteiger partial charge in [-0.05, 0) is 65.7 Å². The molecule has 0 spiro atoms. The summed E-state index contributed by atoms with van der Waals surface area (Å²) in [5, 5.41) is 28.4. The van der Waals surface area contributed by atoms with Crippen LogP contribution in [0.4, 0.5) is 20.5 Å². The fraction of sp³-hybridized carbons (Fsp3) is 0.429. The van der Waals surface area contributed by atoms with Gasteiger partial charge in [0.25, 0.3) is 0 Å². The largest absolute Gasteiger partial charge is 0.393 e. The average molecular weight is 555 g/mol. The van der Waals surface area contributed by atoms with Crippen LogP contribution >= 0.6 is 11.3 Å². The van der Waals surface area contributed by atoms with Crippen LogP contribution in [0.25, 0.3) is 20.8 Å². The van der Waals surface area contributed by atoms with Crippen molar-refractivity contribution in [2.24, 2.45) is 5.92 Å². The summed E-state index contributed by atoms with van der Waals surface area (Å²) in [5.41, 5.74) is 1.80. The maximum Gasteiger partial charge on any atom is 0.225 e. The fourth-order valence-electron chi connectivity index (χ4n) is 5.36. The molecule has 0 amide bonds. The molecule has 1 aromatic carbocycles. The minimum atomic E-state index is -1.04. The average Bonchev–Trinajstić information content (AvgIpc) is 3.42. The van der Waals surface area contributed by atoms with Crippen LogP contribution in [0, 0.1) is 31.4 Å². The zero-order valence-electron chi connectivity index (χ0n) is 22.5.